The number of amides is 3. The van der Waals surface area contributed by atoms with Crippen molar-refractivity contribution in [1.29, 1.82) is 0 Å². The smallest absolute Gasteiger partial charge is 0.481 e. The molecule has 0 bridgehead atoms. The lowest BCUT2D eigenvalue weighted by Gasteiger charge is -2.35. The first-order chi connectivity index (χ1) is 22.9. The van der Waals surface area contributed by atoms with Crippen LogP contribution in [0.2, 0.25) is 0 Å². The van der Waals surface area contributed by atoms with E-state index in [1.165, 1.54) is 15.9 Å². The molecule has 2 heterocycles. The van der Waals surface area contributed by atoms with E-state index >= 15 is 0 Å². The highest BCUT2D eigenvalue weighted by atomic mass is 32.2. The molecule has 1 aliphatic heterocycles. The largest absolute Gasteiger partial charge is 0.522 e. The molecular formula is C28H35F3N6O11S. The molecule has 3 amide bonds. The van der Waals surface area contributed by atoms with Crippen LogP contribution < -0.4 is 10.6 Å². The second kappa shape index (κ2) is 18.5. The first kappa shape index (κ1) is 40.1. The molecule has 49 heavy (non-hydrogen) atoms. The van der Waals surface area contributed by atoms with E-state index in [0.717, 1.165) is 0 Å². The maximum absolute atomic E-state index is 13.4. The van der Waals surface area contributed by atoms with Gasteiger partial charge in [0.25, 0.3) is 5.91 Å². The first-order valence-electron chi connectivity index (χ1n) is 14.6. The maximum atomic E-state index is 13.4. The monoisotopic (exact) mass is 720 g/mol. The van der Waals surface area contributed by atoms with E-state index in [9.17, 15) is 42.3 Å². The molecule has 17 nitrogen and oxygen atoms in total. The van der Waals surface area contributed by atoms with Crippen LogP contribution in [0.25, 0.3) is 11.4 Å². The number of anilines is 1. The van der Waals surface area contributed by atoms with Gasteiger partial charge in [-0.05, 0) is 19.8 Å². The van der Waals surface area contributed by atoms with Crippen molar-refractivity contribution in [3.05, 3.63) is 42.1 Å². The number of carboxylic acids is 2. The minimum atomic E-state index is -5.84. The van der Waals surface area contributed by atoms with Crippen molar-refractivity contribution >= 4 is 45.8 Å². The number of aromatic nitrogens is 2. The molecule has 0 unspecified atom stereocenters. The van der Waals surface area contributed by atoms with Crippen LogP contribution in [-0.4, -0.2) is 124 Å². The summed E-state index contributed by atoms with van der Waals surface area (Å²) in [6.45, 7) is 3.11. The molecule has 1 saturated heterocycles. The van der Waals surface area contributed by atoms with Crippen molar-refractivity contribution in [3.8, 4) is 11.4 Å². The molecule has 1 aromatic carbocycles. The number of halogens is 3. The zero-order valence-electron chi connectivity index (χ0n) is 26.1. The van der Waals surface area contributed by atoms with E-state index in [-0.39, 0.29) is 75.9 Å². The van der Waals surface area contributed by atoms with Gasteiger partial charge in [-0.3, -0.25) is 23.7 Å². The standard InChI is InChI=1S/C27H34N6O8.CHF3O3S/c1-2-41-27(40)33-15-13-32(14-16-33)26(39)19(10-11-23(36)37)30-25(38)20-17-21(28-12-6-9-22(34)35)31-24(29-20)18-7-4-3-5-8-18;2-1(3,4)8(5,6)7/h3-5,7-8,17,19H,2,6,9-16H2,1H3,(H,30,38)(H,34,35)(H,36,37)(H,28,29,31);(H,5,6,7)/t19-;/m0./s1. The molecule has 3 rings (SSSR count). The van der Waals surface area contributed by atoms with Crippen molar-refractivity contribution in [2.75, 3.05) is 44.6 Å². The Balaban J connectivity index is 0.000000924. The highest BCUT2D eigenvalue weighted by molar-refractivity contribution is 7.86. The van der Waals surface area contributed by atoms with Gasteiger partial charge in [-0.25, -0.2) is 14.8 Å². The summed E-state index contributed by atoms with van der Waals surface area (Å²) in [5, 5.41) is 23.7. The summed E-state index contributed by atoms with van der Waals surface area (Å²) in [4.78, 5) is 72.6. The Labute approximate surface area is 278 Å². The number of ether oxygens (including phenoxy) is 1. The van der Waals surface area contributed by atoms with E-state index in [2.05, 4.69) is 20.6 Å². The van der Waals surface area contributed by atoms with Crippen LogP contribution in [-0.2, 0) is 29.2 Å². The van der Waals surface area contributed by atoms with E-state index in [1.54, 1.807) is 31.2 Å². The number of nitrogens with one attached hydrogen (secondary N) is 2. The van der Waals surface area contributed by atoms with Gasteiger partial charge < -0.3 is 35.4 Å². The van der Waals surface area contributed by atoms with Gasteiger partial charge in [-0.1, -0.05) is 30.3 Å². The molecule has 1 fully saturated rings. The molecule has 2 aromatic rings. The minimum absolute atomic E-state index is 0.0433. The van der Waals surface area contributed by atoms with Crippen molar-refractivity contribution in [3.63, 3.8) is 0 Å². The predicted molar refractivity (Wildman–Crippen MR) is 164 cm³/mol. The number of carbonyl (C=O) groups excluding carboxylic acids is 3. The number of alkyl halides is 3. The van der Waals surface area contributed by atoms with Crippen molar-refractivity contribution in [2.45, 2.75) is 44.2 Å². The molecule has 21 heteroatoms. The lowest BCUT2D eigenvalue weighted by molar-refractivity contribution is -0.139. The summed E-state index contributed by atoms with van der Waals surface area (Å²) in [5.74, 6) is -2.69. The summed E-state index contributed by atoms with van der Waals surface area (Å²) < 4.78 is 62.5. The first-order valence-corrected chi connectivity index (χ1v) is 16.0. The number of hydrogen-bond acceptors (Lipinski definition) is 11. The third kappa shape index (κ3) is 13.5. The zero-order valence-corrected chi connectivity index (χ0v) is 26.9. The Hall–Kier alpha value is -5.05. The second-order valence-corrected chi connectivity index (χ2v) is 11.6. The lowest BCUT2D eigenvalue weighted by Crippen LogP contribution is -2.56. The second-order valence-electron chi connectivity index (χ2n) is 10.1. The van der Waals surface area contributed by atoms with Gasteiger partial charge in [0, 0.05) is 57.2 Å². The van der Waals surface area contributed by atoms with Crippen LogP contribution in [0.4, 0.5) is 23.8 Å². The van der Waals surface area contributed by atoms with Crippen LogP contribution in [0.3, 0.4) is 0 Å². The molecule has 0 spiro atoms. The Morgan fingerprint density at radius 2 is 1.53 bits per heavy atom. The number of carbonyl (C=O) groups is 5. The quantitative estimate of drug-likeness (QED) is 0.113. The van der Waals surface area contributed by atoms with Gasteiger partial charge in [0.2, 0.25) is 5.91 Å². The summed E-state index contributed by atoms with van der Waals surface area (Å²) in [5.41, 5.74) is -4.96. The maximum Gasteiger partial charge on any atom is 0.522 e. The average Bonchev–Trinajstić information content (AvgIpc) is 3.04. The van der Waals surface area contributed by atoms with Crippen LogP contribution in [0.15, 0.2) is 36.4 Å². The topological polar surface area (TPSA) is 246 Å². The summed E-state index contributed by atoms with van der Waals surface area (Å²) in [6.07, 6.45) is -0.681. The molecule has 0 saturated carbocycles. The van der Waals surface area contributed by atoms with Gasteiger partial charge >= 0.3 is 33.7 Å². The molecular weight excluding hydrogens is 685 g/mol. The average molecular weight is 721 g/mol. The Kier molecular flexibility index (Phi) is 15.1. The van der Waals surface area contributed by atoms with Gasteiger partial charge in [-0.2, -0.15) is 21.6 Å². The number of nitrogens with zero attached hydrogens (tertiary/aromatic N) is 4. The highest BCUT2D eigenvalue weighted by Gasteiger charge is 2.44. The highest BCUT2D eigenvalue weighted by Crippen LogP contribution is 2.21. The van der Waals surface area contributed by atoms with Crippen molar-refractivity contribution in [1.82, 2.24) is 25.1 Å². The SMILES string of the molecule is CCOC(=O)N1CCN(C(=O)[C@H](CCC(=O)O)NC(=O)c2cc(NCCCC(=O)O)nc(-c3ccccc3)n2)CC1.O=S(=O)(O)C(F)(F)F. The molecule has 1 aliphatic rings. The number of piperazine rings is 1. The van der Waals surface area contributed by atoms with Gasteiger partial charge in [0.15, 0.2) is 5.82 Å². The summed E-state index contributed by atoms with van der Waals surface area (Å²) >= 11 is 0. The van der Waals surface area contributed by atoms with Crippen LogP contribution in [0.1, 0.15) is 43.1 Å². The molecule has 1 atom stereocenters. The Morgan fingerprint density at radius 1 is 0.959 bits per heavy atom. The normalized spacial score (nSPS) is 13.7. The van der Waals surface area contributed by atoms with Crippen molar-refractivity contribution in [2.24, 2.45) is 0 Å². The molecule has 270 valence electrons. The van der Waals surface area contributed by atoms with E-state index in [4.69, 9.17) is 22.8 Å². The Morgan fingerprint density at radius 3 is 2.06 bits per heavy atom. The van der Waals surface area contributed by atoms with E-state index in [0.29, 0.717) is 12.0 Å². The molecule has 0 radical (unpaired) electrons. The van der Waals surface area contributed by atoms with Crippen LogP contribution in [0, 0.1) is 0 Å². The lowest BCUT2D eigenvalue weighted by atomic mass is 10.1. The van der Waals surface area contributed by atoms with Gasteiger partial charge in [0.05, 0.1) is 6.61 Å². The van der Waals surface area contributed by atoms with E-state index in [1.807, 2.05) is 6.07 Å². The van der Waals surface area contributed by atoms with Crippen LogP contribution >= 0.6 is 0 Å². The Bertz CT molecular complexity index is 1570. The third-order valence-corrected chi connectivity index (χ3v) is 7.11. The fourth-order valence-corrected chi connectivity index (χ4v) is 4.13. The van der Waals surface area contributed by atoms with Crippen LogP contribution in [0.5, 0.6) is 0 Å². The summed E-state index contributed by atoms with van der Waals surface area (Å²) in [6, 6.07) is 9.16. The van der Waals surface area contributed by atoms with Gasteiger partial charge in [-0.15, -0.1) is 0 Å². The fraction of sp³-hybridized carbons (Fsp3) is 0.464. The minimum Gasteiger partial charge on any atom is -0.481 e. The van der Waals surface area contributed by atoms with E-state index < -0.39 is 51.5 Å². The number of rotatable bonds is 13. The molecule has 1 aromatic heterocycles. The molecule has 0 aliphatic carbocycles. The predicted octanol–water partition coefficient (Wildman–Crippen LogP) is 2.08. The fourth-order valence-electron chi connectivity index (χ4n) is 4.13. The third-order valence-electron chi connectivity index (χ3n) is 6.52. The van der Waals surface area contributed by atoms with Gasteiger partial charge in [0.1, 0.15) is 17.6 Å². The summed E-state index contributed by atoms with van der Waals surface area (Å²) in [7, 11) is -5.84. The number of benzene rings is 1. The number of hydrogen-bond donors (Lipinski definition) is 5. The number of carboxylic acid groups (broad SMARTS) is 2. The van der Waals surface area contributed by atoms with Crippen molar-refractivity contribution < 1.29 is 65.1 Å². The zero-order chi connectivity index (χ0) is 36.8. The molecule has 5 N–H and O–H groups in total. The number of aliphatic carboxylic acids is 2.